The highest BCUT2D eigenvalue weighted by Crippen LogP contribution is 2.39. The summed E-state index contributed by atoms with van der Waals surface area (Å²) in [6.07, 6.45) is 17.1. The fraction of sp³-hybridized carbons (Fsp3) is 0.459. The van der Waals surface area contributed by atoms with Crippen LogP contribution in [0, 0.1) is 166 Å². The summed E-state index contributed by atoms with van der Waals surface area (Å²) < 4.78 is 25.5. The Morgan fingerprint density at radius 1 is 0.687 bits per heavy atom. The molecule has 9 atom stereocenters. The van der Waals surface area contributed by atoms with Crippen molar-refractivity contribution in [1.29, 1.82) is 0 Å². The molecule has 67 heavy (non-hydrogen) atoms. The molecule has 6 unspecified atom stereocenters. The Morgan fingerprint density at radius 3 is 1.73 bits per heavy atom. The van der Waals surface area contributed by atoms with Gasteiger partial charge in [0.2, 0.25) is 0 Å². The zero-order valence-electron chi connectivity index (χ0n) is 40.0. The number of unbranched alkanes of at least 4 members (excludes halogenated alkanes) is 9. The van der Waals surface area contributed by atoms with Crippen LogP contribution in [-0.2, 0) is 23.7 Å². The molecule has 2 heterocycles. The molecule has 2 fully saturated rings. The largest absolute Gasteiger partial charge is 0.350 e. The number of benzene rings is 1. The van der Waals surface area contributed by atoms with Crippen molar-refractivity contribution in [1.82, 2.24) is 5.32 Å². The van der Waals surface area contributed by atoms with E-state index in [-0.39, 0.29) is 82.8 Å². The molecular weight excluding hydrogens is 827 g/mol. The topological polar surface area (TPSA) is 66.0 Å². The van der Waals surface area contributed by atoms with E-state index in [0.29, 0.717) is 6.61 Å². The number of amides is 1. The Kier molecular flexibility index (Phi) is 28.6. The van der Waals surface area contributed by atoms with Crippen LogP contribution >= 0.6 is 0 Å². The number of fused-ring (bicyclic) bond motifs is 1. The molecule has 0 aliphatic carbocycles. The first-order valence-electron chi connectivity index (χ1n) is 23.3. The predicted octanol–water partition coefficient (Wildman–Crippen LogP) is 14.7. The van der Waals surface area contributed by atoms with Crippen molar-refractivity contribution in [3.8, 4) is 142 Å². The highest BCUT2D eigenvalue weighted by molar-refractivity contribution is 5.94. The number of allylic oxidation sites excluding steroid dienone is 2. The van der Waals surface area contributed by atoms with Crippen LogP contribution in [0.5, 0.6) is 0 Å². The normalized spacial score (nSPS) is 19.3. The lowest BCUT2D eigenvalue weighted by Gasteiger charge is -2.48. The van der Waals surface area contributed by atoms with Crippen LogP contribution < -0.4 is 5.32 Å². The van der Waals surface area contributed by atoms with Crippen LogP contribution in [0.15, 0.2) is 42.5 Å². The van der Waals surface area contributed by atoms with Gasteiger partial charge in [0.1, 0.15) is 6.10 Å². The second-order valence-corrected chi connectivity index (χ2v) is 16.1. The van der Waals surface area contributed by atoms with E-state index in [1.54, 1.807) is 6.92 Å². The van der Waals surface area contributed by atoms with Gasteiger partial charge < -0.3 is 24.3 Å². The number of ether oxygens (including phenoxy) is 4. The SMILES string of the molecule is CC#CC#CC#CC#CC#CC#CC#CC#CC#CC#CC#CC#CC(=O)N[C@@H](COC1OC2COC(c3ccccc3)OC2C(C)C1C)[C@H](C)[C@H](C)CC=CCCCCCCCCCCC.[HH].[HH].[HH].[HH].[HH].[HH].[HH].[HH].[HH].[HH].[HH].[HH].[HH].[HH].[HH].[HH].[HH].[HH].[HH].[HH].[HH].[HH].[HH].[HH]. The Bertz CT molecular complexity index is 2650. The summed E-state index contributed by atoms with van der Waals surface area (Å²) in [7, 11) is 0. The van der Waals surface area contributed by atoms with Crippen molar-refractivity contribution in [2.24, 2.45) is 23.7 Å². The summed E-state index contributed by atoms with van der Waals surface area (Å²) in [6, 6.07) is 9.64. The predicted molar refractivity (Wildman–Crippen MR) is 319 cm³/mol. The molecule has 1 aromatic carbocycles. The first-order valence-corrected chi connectivity index (χ1v) is 23.3. The van der Waals surface area contributed by atoms with Gasteiger partial charge in [0.05, 0.1) is 25.4 Å². The average molecular weight is 937 g/mol. The number of rotatable bonds is 19. The van der Waals surface area contributed by atoms with Crippen LogP contribution in [-0.4, -0.2) is 43.7 Å². The maximum atomic E-state index is 13.2. The van der Waals surface area contributed by atoms with Gasteiger partial charge in [-0.2, -0.15) is 0 Å². The third-order valence-electron chi connectivity index (χ3n) is 11.3. The van der Waals surface area contributed by atoms with Crippen LogP contribution in [0.1, 0.15) is 158 Å². The number of hydrogen-bond donors (Lipinski definition) is 1. The zero-order chi connectivity index (χ0) is 48.0. The van der Waals surface area contributed by atoms with Crippen molar-refractivity contribution in [3.63, 3.8) is 0 Å². The molecule has 2 saturated heterocycles. The molecule has 0 saturated carbocycles. The molecule has 1 amide bonds. The van der Waals surface area contributed by atoms with Gasteiger partial charge in [0.15, 0.2) is 12.6 Å². The molecule has 6 nitrogen and oxygen atoms in total. The van der Waals surface area contributed by atoms with Gasteiger partial charge in [-0.25, -0.2) is 0 Å². The number of hydrogen-bond acceptors (Lipinski definition) is 5. The maximum absolute atomic E-state index is 13.2. The van der Waals surface area contributed by atoms with Crippen LogP contribution in [0.4, 0.5) is 0 Å². The lowest BCUT2D eigenvalue weighted by Crippen LogP contribution is -2.56. The van der Waals surface area contributed by atoms with Crippen LogP contribution in [0.3, 0.4) is 0 Å². The first-order chi connectivity index (χ1) is 32.8. The number of carbonyl (C=O) groups is 1. The molecule has 0 aromatic heterocycles. The van der Waals surface area contributed by atoms with E-state index in [1.807, 2.05) is 30.3 Å². The summed E-state index contributed by atoms with van der Waals surface area (Å²) in [5, 5.41) is 3.10. The van der Waals surface area contributed by atoms with Gasteiger partial charge in [-0.15, -0.1) is 0 Å². The molecule has 1 N–H and O–H groups in total. The molecule has 2 aliphatic heterocycles. The van der Waals surface area contributed by atoms with E-state index in [0.717, 1.165) is 18.4 Å². The Balaban J connectivity index is -0.0000000992. The molecule has 0 spiro atoms. The molecule has 388 valence electrons. The van der Waals surface area contributed by atoms with Gasteiger partial charge in [-0.05, 0) is 139 Å². The minimum Gasteiger partial charge on any atom is -0.350 e. The second-order valence-electron chi connectivity index (χ2n) is 16.1. The standard InChI is InChI=1S/C61H61NO5.24H2/c1-7-9-11-13-15-17-19-21-22-23-24-25-26-27-28-29-30-31-33-35-37-39-44-48-58(63)62-56(52(4)51(3)45-41-38-36-34-32-20-18-16-14-12-10-8-2)49-64-60-54(6)53(5)59-57(66-60)50-65-61(67-59)55-46-42-40-43-47-55;;;;;;;;;;;;;;;;;;;;;;;;/h38,40-43,46-47,51-54,56-57,59-61H,8,10,12,14,16,18,20,32,34,36,45,49-50H2,1-6H3,(H,62,63);24*1H/t51-,52-,53?,54?,56+,57?,59?,60?,61?;;;;;;;;;;;;;;;;;;;;;;;;/m1......................../s1. The average Bonchev–Trinajstić information content (AvgIpc) is 3.34. The van der Waals surface area contributed by atoms with Crippen molar-refractivity contribution >= 4 is 5.91 Å². The van der Waals surface area contributed by atoms with Crippen LogP contribution in [0.25, 0.3) is 0 Å². The fourth-order valence-electron chi connectivity index (χ4n) is 7.06. The van der Waals surface area contributed by atoms with Crippen molar-refractivity contribution in [2.75, 3.05) is 13.2 Å². The van der Waals surface area contributed by atoms with E-state index in [1.165, 1.54) is 57.8 Å². The van der Waals surface area contributed by atoms with Gasteiger partial charge >= 0.3 is 0 Å². The Morgan fingerprint density at radius 2 is 1.19 bits per heavy atom. The molecule has 0 radical (unpaired) electrons. The van der Waals surface area contributed by atoms with E-state index in [4.69, 9.17) is 18.9 Å². The van der Waals surface area contributed by atoms with E-state index >= 15 is 0 Å². The van der Waals surface area contributed by atoms with Gasteiger partial charge in [0, 0.05) is 87.2 Å². The van der Waals surface area contributed by atoms with Gasteiger partial charge in [0.25, 0.3) is 5.91 Å². The highest BCUT2D eigenvalue weighted by atomic mass is 16.7. The van der Waals surface area contributed by atoms with E-state index in [2.05, 4.69) is 194 Å². The molecular formula is C61H109NO5. The third-order valence-corrected chi connectivity index (χ3v) is 11.3. The Labute approximate surface area is 439 Å². The third kappa shape index (κ3) is 23.7. The molecule has 1 aromatic rings. The monoisotopic (exact) mass is 936 g/mol. The summed E-state index contributed by atoms with van der Waals surface area (Å²) in [5.74, 6) is 61.5. The van der Waals surface area contributed by atoms with Crippen molar-refractivity contribution in [2.45, 2.75) is 143 Å². The highest BCUT2D eigenvalue weighted by Gasteiger charge is 2.47. The second kappa shape index (κ2) is 35.3. The molecule has 0 bridgehead atoms. The van der Waals surface area contributed by atoms with E-state index < -0.39 is 18.5 Å². The quantitative estimate of drug-likeness (QED) is 0.0850. The van der Waals surface area contributed by atoms with Gasteiger partial charge in [-0.1, -0.05) is 134 Å². The van der Waals surface area contributed by atoms with Crippen molar-refractivity contribution in [3.05, 3.63) is 48.0 Å². The smallest absolute Gasteiger partial charge is 0.297 e. The van der Waals surface area contributed by atoms with Crippen molar-refractivity contribution < 1.29 is 58.0 Å². The lowest BCUT2D eigenvalue weighted by molar-refractivity contribution is -0.343. The summed E-state index contributed by atoms with van der Waals surface area (Å²) in [5.41, 5.74) is 0.985. The number of nitrogens with one attached hydrogen (secondary N) is 1. The fourth-order valence-corrected chi connectivity index (χ4v) is 7.06. The first kappa shape index (κ1) is 54.3. The number of carbonyl (C=O) groups excluding carboxylic acids is 1. The zero-order valence-corrected chi connectivity index (χ0v) is 40.0. The molecule has 6 heteroatoms. The minimum absolute atomic E-state index is 0. The van der Waals surface area contributed by atoms with Gasteiger partial charge in [-0.3, -0.25) is 4.79 Å². The molecule has 3 rings (SSSR count). The summed E-state index contributed by atoms with van der Waals surface area (Å²) >= 11 is 0. The summed E-state index contributed by atoms with van der Waals surface area (Å²) in [4.78, 5) is 13.2. The summed E-state index contributed by atoms with van der Waals surface area (Å²) in [6.45, 7) is 13.3. The van der Waals surface area contributed by atoms with Crippen LogP contribution in [0.2, 0.25) is 0 Å². The maximum Gasteiger partial charge on any atom is 0.297 e. The lowest BCUT2D eigenvalue weighted by atomic mass is 9.84. The van der Waals surface area contributed by atoms with E-state index in [9.17, 15) is 4.79 Å². The minimum atomic E-state index is -0.497. The molecule has 2 aliphatic rings. The Hall–Kier alpha value is -7.01.